The van der Waals surface area contributed by atoms with Gasteiger partial charge in [-0.05, 0) is 74.3 Å². The highest BCUT2D eigenvalue weighted by Gasteiger charge is 2.15. The fourth-order valence-electron chi connectivity index (χ4n) is 5.22. The van der Waals surface area contributed by atoms with Gasteiger partial charge in [0.05, 0.1) is 8.07 Å². The van der Waals surface area contributed by atoms with Crippen molar-refractivity contribution in [1.29, 1.82) is 0 Å². The summed E-state index contributed by atoms with van der Waals surface area (Å²) in [7, 11) is -1.27. The van der Waals surface area contributed by atoms with Crippen molar-refractivity contribution in [3.63, 3.8) is 0 Å². The standard InChI is InChI=1S/C38H34Si/c1-27-5-7-28(8-6-27)29-9-13-32(14-10-29)34-17-19-37-26-35(18-20-36(37)25-34)33-15-11-30(12-16-33)31-21-23-38(24-22-31)39(2,3)4/h5-26H,1-4H3. The molecule has 6 rings (SSSR count). The maximum absolute atomic E-state index is 2.39. The van der Waals surface area contributed by atoms with Gasteiger partial charge in [-0.2, -0.15) is 0 Å². The minimum absolute atomic E-state index is 1.24. The van der Waals surface area contributed by atoms with Crippen molar-refractivity contribution in [2.24, 2.45) is 0 Å². The first-order valence-electron chi connectivity index (χ1n) is 13.8. The first-order valence-corrected chi connectivity index (χ1v) is 17.3. The van der Waals surface area contributed by atoms with Crippen molar-refractivity contribution in [2.45, 2.75) is 26.6 Å². The summed E-state index contributed by atoms with van der Waals surface area (Å²) < 4.78 is 0. The molecule has 6 aromatic rings. The van der Waals surface area contributed by atoms with Crippen LogP contribution >= 0.6 is 0 Å². The van der Waals surface area contributed by atoms with Gasteiger partial charge in [0.1, 0.15) is 0 Å². The van der Waals surface area contributed by atoms with Crippen molar-refractivity contribution in [1.82, 2.24) is 0 Å². The summed E-state index contributed by atoms with van der Waals surface area (Å²) in [6, 6.07) is 49.3. The second-order valence-corrected chi connectivity index (χ2v) is 16.7. The number of aryl methyl sites for hydroxylation is 1. The molecule has 0 amide bonds. The van der Waals surface area contributed by atoms with Crippen LogP contribution in [0.25, 0.3) is 55.3 Å². The summed E-state index contributed by atoms with van der Waals surface area (Å²) in [5.74, 6) is 0. The second kappa shape index (κ2) is 10.2. The number of benzene rings is 6. The lowest BCUT2D eigenvalue weighted by Crippen LogP contribution is -2.37. The van der Waals surface area contributed by atoms with Gasteiger partial charge in [-0.25, -0.2) is 0 Å². The summed E-state index contributed by atoms with van der Waals surface area (Å²) in [6.07, 6.45) is 0. The van der Waals surface area contributed by atoms with E-state index in [1.54, 1.807) is 0 Å². The quantitative estimate of drug-likeness (QED) is 0.199. The molecule has 0 N–H and O–H groups in total. The van der Waals surface area contributed by atoms with Crippen LogP contribution < -0.4 is 5.19 Å². The zero-order valence-corrected chi connectivity index (χ0v) is 24.2. The highest BCUT2D eigenvalue weighted by Crippen LogP contribution is 2.31. The Hall–Kier alpha value is -4.20. The van der Waals surface area contributed by atoms with E-state index in [1.165, 1.54) is 66.0 Å². The molecule has 0 atom stereocenters. The van der Waals surface area contributed by atoms with E-state index in [-0.39, 0.29) is 0 Å². The molecule has 0 bridgehead atoms. The summed E-state index contributed by atoms with van der Waals surface area (Å²) in [4.78, 5) is 0. The molecule has 0 aliphatic carbocycles. The minimum Gasteiger partial charge on any atom is -0.0656 e. The maximum atomic E-state index is 2.39. The lowest BCUT2D eigenvalue weighted by molar-refractivity contribution is 1.47. The highest BCUT2D eigenvalue weighted by molar-refractivity contribution is 6.88. The van der Waals surface area contributed by atoms with Crippen LogP contribution in [0.4, 0.5) is 0 Å². The van der Waals surface area contributed by atoms with Crippen molar-refractivity contribution in [3.05, 3.63) is 139 Å². The first-order chi connectivity index (χ1) is 18.8. The van der Waals surface area contributed by atoms with E-state index >= 15 is 0 Å². The van der Waals surface area contributed by atoms with Crippen LogP contribution in [0.2, 0.25) is 19.6 Å². The zero-order valence-electron chi connectivity index (χ0n) is 23.2. The first kappa shape index (κ1) is 25.1. The summed E-state index contributed by atoms with van der Waals surface area (Å²) in [5, 5.41) is 4.03. The Kier molecular flexibility index (Phi) is 6.54. The fourth-order valence-corrected chi connectivity index (χ4v) is 6.39. The topological polar surface area (TPSA) is 0 Å². The average molecular weight is 519 g/mol. The van der Waals surface area contributed by atoms with Gasteiger partial charge in [-0.15, -0.1) is 0 Å². The normalized spacial score (nSPS) is 11.6. The second-order valence-electron chi connectivity index (χ2n) is 11.6. The molecule has 0 radical (unpaired) electrons. The lowest BCUT2D eigenvalue weighted by Gasteiger charge is -2.16. The third kappa shape index (κ3) is 5.37. The van der Waals surface area contributed by atoms with E-state index in [1.807, 2.05) is 0 Å². The third-order valence-electron chi connectivity index (χ3n) is 7.75. The van der Waals surface area contributed by atoms with Crippen LogP contribution in [-0.2, 0) is 0 Å². The molecule has 0 aliphatic heterocycles. The average Bonchev–Trinajstić information content (AvgIpc) is 2.97. The van der Waals surface area contributed by atoms with Gasteiger partial charge in [-0.3, -0.25) is 0 Å². The summed E-state index contributed by atoms with van der Waals surface area (Å²) >= 11 is 0. The molecule has 0 unspecified atom stereocenters. The Bertz CT molecular complexity index is 1730. The number of fused-ring (bicyclic) bond motifs is 1. The number of rotatable bonds is 5. The Balaban J connectivity index is 1.22. The minimum atomic E-state index is -1.27. The van der Waals surface area contributed by atoms with Crippen LogP contribution in [0.15, 0.2) is 133 Å². The Morgan fingerprint density at radius 1 is 0.333 bits per heavy atom. The molecule has 0 spiro atoms. The fraction of sp³-hybridized carbons (Fsp3) is 0.105. The molecular weight excluding hydrogens is 485 g/mol. The molecule has 0 saturated heterocycles. The van der Waals surface area contributed by atoms with Gasteiger partial charge < -0.3 is 0 Å². The third-order valence-corrected chi connectivity index (χ3v) is 9.81. The van der Waals surface area contributed by atoms with Crippen LogP contribution in [0.1, 0.15) is 5.56 Å². The van der Waals surface area contributed by atoms with Crippen molar-refractivity contribution in [3.8, 4) is 44.5 Å². The Labute approximate surface area is 233 Å². The SMILES string of the molecule is Cc1ccc(-c2ccc(-c3ccc4cc(-c5ccc(-c6ccc([Si](C)(C)C)cc6)cc5)ccc4c3)cc2)cc1. The van der Waals surface area contributed by atoms with Crippen molar-refractivity contribution in [2.75, 3.05) is 0 Å². The van der Waals surface area contributed by atoms with E-state index < -0.39 is 8.07 Å². The van der Waals surface area contributed by atoms with Gasteiger partial charge in [0.25, 0.3) is 0 Å². The zero-order chi connectivity index (χ0) is 27.0. The molecule has 0 aliphatic rings. The Morgan fingerprint density at radius 2 is 0.615 bits per heavy atom. The molecule has 0 fully saturated rings. The summed E-state index contributed by atoms with van der Waals surface area (Å²) in [6.45, 7) is 9.31. The monoisotopic (exact) mass is 518 g/mol. The molecule has 39 heavy (non-hydrogen) atoms. The maximum Gasteiger partial charge on any atom is 0.0775 e. The van der Waals surface area contributed by atoms with Crippen LogP contribution in [0.3, 0.4) is 0 Å². The molecule has 0 saturated carbocycles. The highest BCUT2D eigenvalue weighted by atomic mass is 28.3. The van der Waals surface area contributed by atoms with E-state index in [4.69, 9.17) is 0 Å². The predicted octanol–water partition coefficient (Wildman–Crippen LogP) is 10.4. The van der Waals surface area contributed by atoms with E-state index in [9.17, 15) is 0 Å². The number of hydrogen-bond acceptors (Lipinski definition) is 0. The van der Waals surface area contributed by atoms with Gasteiger partial charge in [0.15, 0.2) is 0 Å². The van der Waals surface area contributed by atoms with Gasteiger partial charge in [0, 0.05) is 0 Å². The van der Waals surface area contributed by atoms with Crippen LogP contribution in [0, 0.1) is 6.92 Å². The van der Waals surface area contributed by atoms with E-state index in [2.05, 4.69) is 160 Å². The van der Waals surface area contributed by atoms with Gasteiger partial charge in [-0.1, -0.05) is 152 Å². The molecule has 0 heterocycles. The summed E-state index contributed by atoms with van der Waals surface area (Å²) in [5.41, 5.74) is 11.3. The van der Waals surface area contributed by atoms with E-state index in [0.29, 0.717) is 0 Å². The lowest BCUT2D eigenvalue weighted by atomic mass is 9.95. The van der Waals surface area contributed by atoms with Crippen LogP contribution in [-0.4, -0.2) is 8.07 Å². The van der Waals surface area contributed by atoms with Crippen molar-refractivity contribution >= 4 is 24.0 Å². The van der Waals surface area contributed by atoms with E-state index in [0.717, 1.165) is 0 Å². The molecule has 190 valence electrons. The van der Waals surface area contributed by atoms with Crippen molar-refractivity contribution < 1.29 is 0 Å². The van der Waals surface area contributed by atoms with Gasteiger partial charge >= 0.3 is 0 Å². The van der Waals surface area contributed by atoms with Gasteiger partial charge in [0.2, 0.25) is 0 Å². The largest absolute Gasteiger partial charge is 0.0775 e. The predicted molar refractivity (Wildman–Crippen MR) is 173 cm³/mol. The molecule has 6 aromatic carbocycles. The number of hydrogen-bond donors (Lipinski definition) is 0. The van der Waals surface area contributed by atoms with Crippen LogP contribution in [0.5, 0.6) is 0 Å². The molecule has 0 aromatic heterocycles. The molecule has 1 heteroatoms. The Morgan fingerprint density at radius 3 is 0.974 bits per heavy atom. The molecule has 0 nitrogen and oxygen atoms in total. The molecular formula is C38H34Si. The smallest absolute Gasteiger partial charge is 0.0656 e.